The van der Waals surface area contributed by atoms with Gasteiger partial charge < -0.3 is 44.1 Å². The summed E-state index contributed by atoms with van der Waals surface area (Å²) in [5.74, 6) is -2.32. The average Bonchev–Trinajstić information content (AvgIpc) is 4.18. The fraction of sp³-hybridized carbons (Fsp3) is 0.328. The summed E-state index contributed by atoms with van der Waals surface area (Å²) in [5.41, 5.74) is 6.43. The number of hydrogen-bond donors (Lipinski definition) is 3. The number of carbonyl (C=O) groups excluding carboxylic acids is 2. The van der Waals surface area contributed by atoms with E-state index >= 15 is 0 Å². The molecule has 6 aromatic rings. The van der Waals surface area contributed by atoms with E-state index in [1.165, 1.54) is 15.9 Å². The number of fused-ring (bicyclic) bond motifs is 2. The summed E-state index contributed by atoms with van der Waals surface area (Å²) in [6.07, 6.45) is 6.09. The number of ether oxygens (including phenoxy) is 4. The summed E-state index contributed by atoms with van der Waals surface area (Å²) in [4.78, 5) is 59.3. The molecule has 3 N–H and O–H groups in total. The van der Waals surface area contributed by atoms with Crippen LogP contribution < -0.4 is 9.47 Å². The average molecular weight is 1010 g/mol. The SMILES string of the molecule is O=C(O)C1Cc2c(ccc(O)c2OCc2ccccc2)CN1C(=O)C(OC1CCCC1)c1ccccc1.[C-]#[N+]c1ccc2c(c1OCc1ccccc1)CC(C(=O)O)N(C(=O)C(OC1CCCC1)c1ccccc1)C2. The van der Waals surface area contributed by atoms with Gasteiger partial charge in [0, 0.05) is 31.5 Å². The van der Waals surface area contributed by atoms with Crippen molar-refractivity contribution in [3.63, 3.8) is 0 Å². The van der Waals surface area contributed by atoms with Crippen LogP contribution in [0.25, 0.3) is 4.85 Å². The minimum Gasteiger partial charge on any atom is -0.504 e. The minimum atomic E-state index is -1.11. The Morgan fingerprint density at radius 3 is 1.33 bits per heavy atom. The lowest BCUT2D eigenvalue weighted by molar-refractivity contribution is -0.160. The van der Waals surface area contributed by atoms with Crippen molar-refractivity contribution in [2.75, 3.05) is 0 Å². The van der Waals surface area contributed by atoms with Gasteiger partial charge in [-0.05, 0) is 70.7 Å². The van der Waals surface area contributed by atoms with Crippen molar-refractivity contribution in [2.24, 2.45) is 0 Å². The molecule has 6 aromatic carbocycles. The third kappa shape index (κ3) is 12.3. The Morgan fingerprint density at radius 1 is 0.533 bits per heavy atom. The maximum atomic E-state index is 14.0. The Kier molecular flexibility index (Phi) is 16.9. The second-order valence-electron chi connectivity index (χ2n) is 19.5. The number of carboxylic acid groups (broad SMARTS) is 2. The van der Waals surface area contributed by atoms with Crippen LogP contribution in [0.1, 0.15) is 108 Å². The van der Waals surface area contributed by atoms with E-state index in [2.05, 4.69) is 4.85 Å². The number of phenols is 1. The van der Waals surface area contributed by atoms with Gasteiger partial charge in [0.15, 0.2) is 23.7 Å². The molecule has 0 saturated heterocycles. The van der Waals surface area contributed by atoms with E-state index in [0.29, 0.717) is 28.1 Å². The number of phenolic OH excluding ortho intramolecular Hbond substituents is 1. The highest BCUT2D eigenvalue weighted by Crippen LogP contribution is 2.42. The lowest BCUT2D eigenvalue weighted by atomic mass is 9.91. The first kappa shape index (κ1) is 51.9. The van der Waals surface area contributed by atoms with E-state index in [1.807, 2.05) is 121 Å². The number of hydrogen-bond acceptors (Lipinski definition) is 9. The van der Waals surface area contributed by atoms with Crippen molar-refractivity contribution < 1.29 is 53.4 Å². The summed E-state index contributed by atoms with van der Waals surface area (Å²) < 4.78 is 24.7. The molecule has 4 atom stereocenters. The number of nitrogens with zero attached hydrogens (tertiary/aromatic N) is 3. The van der Waals surface area contributed by atoms with Crippen LogP contribution in [0.3, 0.4) is 0 Å². The van der Waals surface area contributed by atoms with Gasteiger partial charge in [-0.3, -0.25) is 9.59 Å². The monoisotopic (exact) mass is 1010 g/mol. The molecule has 2 aliphatic carbocycles. The zero-order valence-corrected chi connectivity index (χ0v) is 41.7. The van der Waals surface area contributed by atoms with E-state index < -0.39 is 36.2 Å². The second-order valence-corrected chi connectivity index (χ2v) is 19.5. The van der Waals surface area contributed by atoms with Crippen LogP contribution in [0, 0.1) is 6.57 Å². The Hall–Kier alpha value is -7.99. The highest BCUT2D eigenvalue weighted by molar-refractivity contribution is 5.89. The molecule has 2 heterocycles. The largest absolute Gasteiger partial charge is 0.504 e. The molecule has 0 bridgehead atoms. The fourth-order valence-corrected chi connectivity index (χ4v) is 10.6. The maximum Gasteiger partial charge on any atom is 0.326 e. The number of aliphatic carboxylic acids is 2. The third-order valence-corrected chi connectivity index (χ3v) is 14.5. The Balaban J connectivity index is 0.000000184. The molecule has 386 valence electrons. The van der Waals surface area contributed by atoms with Crippen molar-refractivity contribution in [2.45, 2.75) is 127 Å². The van der Waals surface area contributed by atoms with Crippen molar-refractivity contribution >= 4 is 29.4 Å². The zero-order valence-electron chi connectivity index (χ0n) is 41.7. The van der Waals surface area contributed by atoms with Crippen LogP contribution >= 0.6 is 0 Å². The lowest BCUT2D eigenvalue weighted by Gasteiger charge is -2.38. The number of benzene rings is 6. The second kappa shape index (κ2) is 24.4. The smallest absolute Gasteiger partial charge is 0.326 e. The molecule has 0 aromatic heterocycles. The highest BCUT2D eigenvalue weighted by Gasteiger charge is 2.43. The molecule has 10 rings (SSSR count). The number of carboxylic acids is 2. The summed E-state index contributed by atoms with van der Waals surface area (Å²) >= 11 is 0. The predicted molar refractivity (Wildman–Crippen MR) is 279 cm³/mol. The van der Waals surface area contributed by atoms with Gasteiger partial charge in [-0.25, -0.2) is 14.4 Å². The molecule has 2 fully saturated rings. The molecule has 4 unspecified atom stereocenters. The molecule has 75 heavy (non-hydrogen) atoms. The van der Waals surface area contributed by atoms with Crippen molar-refractivity contribution in [3.05, 3.63) is 202 Å². The van der Waals surface area contributed by atoms with Gasteiger partial charge in [-0.2, -0.15) is 0 Å². The quantitative estimate of drug-likeness (QED) is 0.0787. The Bertz CT molecular complexity index is 2970. The lowest BCUT2D eigenvalue weighted by Crippen LogP contribution is -2.50. The highest BCUT2D eigenvalue weighted by atomic mass is 16.5. The number of amides is 2. The topological polar surface area (TPSA) is 177 Å². The van der Waals surface area contributed by atoms with Gasteiger partial charge in [0.2, 0.25) is 5.69 Å². The molecular weight excluding hydrogens is 951 g/mol. The van der Waals surface area contributed by atoms with Gasteiger partial charge in [-0.1, -0.05) is 165 Å². The summed E-state index contributed by atoms with van der Waals surface area (Å²) in [7, 11) is 0. The predicted octanol–water partition coefficient (Wildman–Crippen LogP) is 10.9. The standard InChI is InChI=1S/C31H30N2O5.C30H31NO6/c1-32-26-17-16-23-19-33(30(34)28(22-12-6-3-7-13-22)38-24-14-8-9-15-24)27(31(35)36)18-25(23)29(26)37-20-21-10-4-2-5-11-21;32-26-16-15-22-18-31(29(33)27(21-11-5-2-6-12-21)37-23-13-7-8-14-23)25(30(34)35)17-24(22)28(26)36-19-20-9-3-1-4-10-20/h2-7,10-13,16-17,24,27-28H,8-9,14-15,18-20H2,(H,35,36);1-6,9-12,15-16,23,25,27,32H,7-8,13-14,17-19H2,(H,34,35). The van der Waals surface area contributed by atoms with Crippen LogP contribution in [-0.4, -0.2) is 73.2 Å². The van der Waals surface area contributed by atoms with Gasteiger partial charge in [0.1, 0.15) is 31.0 Å². The molecule has 0 radical (unpaired) electrons. The zero-order chi connectivity index (χ0) is 52.3. The van der Waals surface area contributed by atoms with E-state index in [0.717, 1.165) is 79.2 Å². The summed E-state index contributed by atoms with van der Waals surface area (Å²) in [6, 6.07) is 42.3. The fourth-order valence-electron chi connectivity index (χ4n) is 10.6. The van der Waals surface area contributed by atoms with Crippen LogP contribution in [0.15, 0.2) is 146 Å². The maximum absolute atomic E-state index is 14.0. The van der Waals surface area contributed by atoms with Crippen molar-refractivity contribution in [1.29, 1.82) is 0 Å². The van der Waals surface area contributed by atoms with Crippen molar-refractivity contribution in [1.82, 2.24) is 9.80 Å². The third-order valence-electron chi connectivity index (χ3n) is 14.5. The number of rotatable bonds is 16. The van der Waals surface area contributed by atoms with E-state index in [-0.39, 0.29) is 74.7 Å². The summed E-state index contributed by atoms with van der Waals surface area (Å²) in [5, 5.41) is 30.9. The molecule has 2 saturated carbocycles. The number of aromatic hydroxyl groups is 1. The van der Waals surface area contributed by atoms with Gasteiger partial charge >= 0.3 is 11.9 Å². The van der Waals surface area contributed by atoms with E-state index in [1.54, 1.807) is 18.2 Å². The van der Waals surface area contributed by atoms with Crippen molar-refractivity contribution in [3.8, 4) is 17.2 Å². The summed E-state index contributed by atoms with van der Waals surface area (Å²) in [6.45, 7) is 8.31. The van der Waals surface area contributed by atoms with Crippen LogP contribution in [0.5, 0.6) is 17.2 Å². The molecule has 14 heteroatoms. The molecule has 2 amide bonds. The molecule has 2 aliphatic heterocycles. The number of carbonyl (C=O) groups is 4. The van der Waals surface area contributed by atoms with E-state index in [4.69, 9.17) is 25.5 Å². The first-order valence-electron chi connectivity index (χ1n) is 25.7. The van der Waals surface area contributed by atoms with Crippen LogP contribution in [0.4, 0.5) is 5.69 Å². The molecular formula is C61H61N3O11. The van der Waals surface area contributed by atoms with Crippen LogP contribution in [-0.2, 0) is 67.8 Å². The normalized spacial score (nSPS) is 18.1. The van der Waals surface area contributed by atoms with Gasteiger partial charge in [-0.15, -0.1) is 0 Å². The minimum absolute atomic E-state index is 0.0237. The van der Waals surface area contributed by atoms with Gasteiger partial charge in [0.05, 0.1) is 18.8 Å². The first-order valence-corrected chi connectivity index (χ1v) is 25.7. The Labute approximate surface area is 436 Å². The van der Waals surface area contributed by atoms with Crippen LogP contribution in [0.2, 0.25) is 0 Å². The first-order chi connectivity index (χ1) is 36.6. The Morgan fingerprint density at radius 2 is 0.920 bits per heavy atom. The van der Waals surface area contributed by atoms with Gasteiger partial charge in [0.25, 0.3) is 11.8 Å². The molecule has 0 spiro atoms. The molecule has 14 nitrogen and oxygen atoms in total. The van der Waals surface area contributed by atoms with E-state index in [9.17, 15) is 34.5 Å². The molecule has 4 aliphatic rings.